The molecule has 0 spiro atoms. The summed E-state index contributed by atoms with van der Waals surface area (Å²) < 4.78 is 11.0. The van der Waals surface area contributed by atoms with Gasteiger partial charge in [0, 0.05) is 6.61 Å². The molecule has 0 bridgehead atoms. The van der Waals surface area contributed by atoms with Crippen LogP contribution in [0.3, 0.4) is 0 Å². The van der Waals surface area contributed by atoms with E-state index >= 15 is 0 Å². The Hall–Kier alpha value is -0.560. The Morgan fingerprint density at radius 2 is 1.90 bits per heavy atom. The SMILES string of the molecule is CCCCCCCCCC(O)C#CCOC1CCCCO1. The molecule has 0 aromatic heterocycles. The van der Waals surface area contributed by atoms with Crippen LogP contribution in [-0.2, 0) is 9.47 Å². The summed E-state index contributed by atoms with van der Waals surface area (Å²) >= 11 is 0. The largest absolute Gasteiger partial charge is 0.380 e. The van der Waals surface area contributed by atoms with E-state index in [4.69, 9.17) is 9.47 Å². The molecule has 3 heteroatoms. The predicted octanol–water partition coefficient (Wildman–Crippen LogP) is 4.03. The molecule has 122 valence electrons. The van der Waals surface area contributed by atoms with Crippen LogP contribution >= 0.6 is 0 Å². The lowest BCUT2D eigenvalue weighted by atomic mass is 10.1. The van der Waals surface area contributed by atoms with Crippen LogP contribution in [-0.4, -0.2) is 30.7 Å². The molecule has 3 nitrogen and oxygen atoms in total. The second-order valence-electron chi connectivity index (χ2n) is 5.85. The summed E-state index contributed by atoms with van der Waals surface area (Å²) in [6.07, 6.45) is 12.3. The third-order valence-corrected chi connectivity index (χ3v) is 3.83. The normalized spacial score (nSPS) is 19.8. The lowest BCUT2D eigenvalue weighted by Gasteiger charge is -2.21. The van der Waals surface area contributed by atoms with Gasteiger partial charge in [-0.25, -0.2) is 0 Å². The predicted molar refractivity (Wildman–Crippen MR) is 85.9 cm³/mol. The second-order valence-corrected chi connectivity index (χ2v) is 5.85. The molecule has 0 aliphatic carbocycles. The Balaban J connectivity index is 1.92. The molecule has 1 rings (SSSR count). The molecule has 0 radical (unpaired) electrons. The van der Waals surface area contributed by atoms with Crippen LogP contribution in [0.2, 0.25) is 0 Å². The van der Waals surface area contributed by atoms with E-state index in [9.17, 15) is 5.11 Å². The summed E-state index contributed by atoms with van der Waals surface area (Å²) in [6, 6.07) is 0. The van der Waals surface area contributed by atoms with Gasteiger partial charge in [-0.15, -0.1) is 0 Å². The maximum absolute atomic E-state index is 9.77. The zero-order chi connectivity index (χ0) is 15.2. The van der Waals surface area contributed by atoms with Crippen LogP contribution in [0.25, 0.3) is 0 Å². The molecule has 0 saturated carbocycles. The highest BCUT2D eigenvalue weighted by Gasteiger charge is 2.12. The maximum atomic E-state index is 9.77. The topological polar surface area (TPSA) is 38.7 Å². The molecule has 1 saturated heterocycles. The van der Waals surface area contributed by atoms with Crippen LogP contribution in [0.1, 0.15) is 77.6 Å². The van der Waals surface area contributed by atoms with Gasteiger partial charge in [-0.1, -0.05) is 57.3 Å². The highest BCUT2D eigenvalue weighted by Crippen LogP contribution is 2.13. The molecule has 1 aliphatic rings. The minimum Gasteiger partial charge on any atom is -0.380 e. The van der Waals surface area contributed by atoms with Gasteiger partial charge in [-0.2, -0.15) is 0 Å². The molecule has 1 N–H and O–H groups in total. The standard InChI is InChI=1S/C18H32O3/c1-2-3-4-5-6-7-8-12-17(19)13-11-16-21-18-14-9-10-15-20-18/h17-19H,2-10,12,14-16H2,1H3. The van der Waals surface area contributed by atoms with Crippen LogP contribution in [0, 0.1) is 11.8 Å². The Labute approximate surface area is 130 Å². The number of aliphatic hydroxyl groups is 1. The first kappa shape index (κ1) is 18.5. The van der Waals surface area contributed by atoms with Crippen LogP contribution < -0.4 is 0 Å². The summed E-state index contributed by atoms with van der Waals surface area (Å²) in [5.41, 5.74) is 0. The smallest absolute Gasteiger partial charge is 0.158 e. The van der Waals surface area contributed by atoms with Gasteiger partial charge in [0.25, 0.3) is 0 Å². The lowest BCUT2D eigenvalue weighted by molar-refractivity contribution is -0.154. The Morgan fingerprint density at radius 3 is 2.62 bits per heavy atom. The van der Waals surface area contributed by atoms with Gasteiger partial charge in [-0.3, -0.25) is 0 Å². The Morgan fingerprint density at radius 1 is 1.14 bits per heavy atom. The number of ether oxygens (including phenoxy) is 2. The van der Waals surface area contributed by atoms with Crippen molar-refractivity contribution in [2.24, 2.45) is 0 Å². The van der Waals surface area contributed by atoms with Gasteiger partial charge in [0.05, 0.1) is 0 Å². The minimum absolute atomic E-state index is 0.0895. The molecule has 0 aromatic rings. The quantitative estimate of drug-likeness (QED) is 0.488. The van der Waals surface area contributed by atoms with Gasteiger partial charge < -0.3 is 14.6 Å². The Kier molecular flexibility index (Phi) is 11.6. The molecule has 1 aliphatic heterocycles. The molecular formula is C18H32O3. The molecule has 2 unspecified atom stereocenters. The van der Waals surface area contributed by atoms with Gasteiger partial charge in [0.1, 0.15) is 12.7 Å². The van der Waals surface area contributed by atoms with E-state index in [-0.39, 0.29) is 6.29 Å². The summed E-state index contributed by atoms with van der Waals surface area (Å²) in [6.45, 7) is 3.39. The van der Waals surface area contributed by atoms with Crippen molar-refractivity contribution < 1.29 is 14.6 Å². The fourth-order valence-electron chi connectivity index (χ4n) is 2.50. The number of hydrogen-bond acceptors (Lipinski definition) is 3. The summed E-state index contributed by atoms with van der Waals surface area (Å²) in [5.74, 6) is 5.76. The maximum Gasteiger partial charge on any atom is 0.158 e. The van der Waals surface area contributed by atoms with E-state index in [0.29, 0.717) is 6.61 Å². The number of hydrogen-bond donors (Lipinski definition) is 1. The first-order valence-electron chi connectivity index (χ1n) is 8.72. The second kappa shape index (κ2) is 13.1. The van der Waals surface area contributed by atoms with Crippen LogP contribution in [0.4, 0.5) is 0 Å². The molecule has 1 heterocycles. The van der Waals surface area contributed by atoms with Crippen molar-refractivity contribution in [2.75, 3.05) is 13.2 Å². The molecule has 0 aromatic carbocycles. The molecule has 21 heavy (non-hydrogen) atoms. The van der Waals surface area contributed by atoms with Crippen molar-refractivity contribution in [3.05, 3.63) is 0 Å². The molecule has 2 atom stereocenters. The van der Waals surface area contributed by atoms with Crippen molar-refractivity contribution in [3.63, 3.8) is 0 Å². The summed E-state index contributed by atoms with van der Waals surface area (Å²) in [4.78, 5) is 0. The van der Waals surface area contributed by atoms with E-state index in [0.717, 1.165) is 32.3 Å². The van der Waals surface area contributed by atoms with Crippen molar-refractivity contribution >= 4 is 0 Å². The van der Waals surface area contributed by atoms with Crippen molar-refractivity contribution in [1.82, 2.24) is 0 Å². The van der Waals surface area contributed by atoms with Gasteiger partial charge in [0.15, 0.2) is 6.29 Å². The van der Waals surface area contributed by atoms with E-state index in [1.807, 2.05) is 0 Å². The fraction of sp³-hybridized carbons (Fsp3) is 0.889. The first-order valence-corrected chi connectivity index (χ1v) is 8.72. The van der Waals surface area contributed by atoms with Crippen LogP contribution in [0.5, 0.6) is 0 Å². The van der Waals surface area contributed by atoms with Crippen molar-refractivity contribution in [1.29, 1.82) is 0 Å². The van der Waals surface area contributed by atoms with E-state index < -0.39 is 6.10 Å². The number of rotatable bonds is 10. The molecule has 1 fully saturated rings. The van der Waals surface area contributed by atoms with Gasteiger partial charge in [-0.05, 0) is 32.1 Å². The summed E-state index contributed by atoms with van der Waals surface area (Å²) in [5, 5.41) is 9.77. The fourth-order valence-corrected chi connectivity index (χ4v) is 2.50. The van der Waals surface area contributed by atoms with Crippen LogP contribution in [0.15, 0.2) is 0 Å². The van der Waals surface area contributed by atoms with E-state index in [1.54, 1.807) is 0 Å². The highest BCUT2D eigenvalue weighted by atomic mass is 16.7. The first-order chi connectivity index (χ1) is 10.3. The third kappa shape index (κ3) is 10.8. The average Bonchev–Trinajstić information content (AvgIpc) is 2.52. The number of aliphatic hydroxyl groups excluding tert-OH is 1. The number of unbranched alkanes of at least 4 members (excludes halogenated alkanes) is 6. The lowest BCUT2D eigenvalue weighted by Crippen LogP contribution is -2.22. The monoisotopic (exact) mass is 296 g/mol. The summed E-state index contributed by atoms with van der Waals surface area (Å²) in [7, 11) is 0. The third-order valence-electron chi connectivity index (χ3n) is 3.83. The zero-order valence-corrected chi connectivity index (χ0v) is 13.6. The van der Waals surface area contributed by atoms with Gasteiger partial charge in [0.2, 0.25) is 0 Å². The van der Waals surface area contributed by atoms with Gasteiger partial charge >= 0.3 is 0 Å². The average molecular weight is 296 g/mol. The van der Waals surface area contributed by atoms with E-state index in [2.05, 4.69) is 18.8 Å². The molecule has 0 amide bonds. The highest BCUT2D eigenvalue weighted by molar-refractivity contribution is 5.04. The Bertz CT molecular complexity index is 287. The van der Waals surface area contributed by atoms with E-state index in [1.165, 1.54) is 44.9 Å². The zero-order valence-electron chi connectivity index (χ0n) is 13.6. The minimum atomic E-state index is -0.503. The molecular weight excluding hydrogens is 264 g/mol. The van der Waals surface area contributed by atoms with Crippen molar-refractivity contribution in [2.45, 2.75) is 89.9 Å². The van der Waals surface area contributed by atoms with Crippen molar-refractivity contribution in [3.8, 4) is 11.8 Å².